The zero-order valence-corrected chi connectivity index (χ0v) is 14.6. The molecule has 0 aliphatic heterocycles. The van der Waals surface area contributed by atoms with E-state index in [2.05, 4.69) is 4.98 Å². The molecular formula is C18H22N2O5. The number of pyridine rings is 1. The van der Waals surface area contributed by atoms with Gasteiger partial charge in [-0.15, -0.1) is 0 Å². The number of hydrogen-bond acceptors (Lipinski definition) is 6. The number of methoxy groups -OCH3 is 3. The van der Waals surface area contributed by atoms with E-state index in [1.54, 1.807) is 38.5 Å². The van der Waals surface area contributed by atoms with Crippen LogP contribution in [0.15, 0.2) is 36.5 Å². The molecule has 2 aromatic rings. The van der Waals surface area contributed by atoms with Crippen LogP contribution in [-0.2, 0) is 6.54 Å². The number of aliphatic hydroxyl groups excluding tert-OH is 1. The first kappa shape index (κ1) is 18.5. The van der Waals surface area contributed by atoms with Gasteiger partial charge in [-0.25, -0.2) is 4.98 Å². The van der Waals surface area contributed by atoms with Crippen LogP contribution in [0.2, 0.25) is 0 Å². The summed E-state index contributed by atoms with van der Waals surface area (Å²) in [6.07, 6.45) is 1.45. The molecule has 7 heteroatoms. The van der Waals surface area contributed by atoms with E-state index in [-0.39, 0.29) is 25.6 Å². The molecule has 7 nitrogen and oxygen atoms in total. The molecule has 0 saturated carbocycles. The number of benzene rings is 1. The Morgan fingerprint density at radius 1 is 1.12 bits per heavy atom. The summed E-state index contributed by atoms with van der Waals surface area (Å²) in [5.74, 6) is 1.50. The summed E-state index contributed by atoms with van der Waals surface area (Å²) in [5.41, 5.74) is 1.20. The summed E-state index contributed by atoms with van der Waals surface area (Å²) < 4.78 is 15.6. The lowest BCUT2D eigenvalue weighted by atomic mass is 10.1. The van der Waals surface area contributed by atoms with Gasteiger partial charge in [0.2, 0.25) is 5.88 Å². The van der Waals surface area contributed by atoms with Gasteiger partial charge >= 0.3 is 0 Å². The zero-order valence-electron chi connectivity index (χ0n) is 14.6. The van der Waals surface area contributed by atoms with Gasteiger partial charge in [0, 0.05) is 30.9 Å². The first-order valence-electron chi connectivity index (χ1n) is 7.74. The lowest BCUT2D eigenvalue weighted by Crippen LogP contribution is -2.33. The number of hydrogen-bond donors (Lipinski definition) is 1. The maximum Gasteiger partial charge on any atom is 0.255 e. The Hall–Kier alpha value is -2.80. The molecule has 0 saturated heterocycles. The maximum absolute atomic E-state index is 12.8. The summed E-state index contributed by atoms with van der Waals surface area (Å²) in [5, 5.41) is 9.33. The minimum atomic E-state index is -0.242. The van der Waals surface area contributed by atoms with Crippen molar-refractivity contribution in [1.29, 1.82) is 0 Å². The molecule has 0 aliphatic carbocycles. The number of aliphatic hydroxyl groups is 1. The standard InChI is InChI=1S/C18H22N2O5/c1-23-15-5-6-16(24-2)14(10-15)12-20(8-9-21)18(22)13-4-7-17(25-3)19-11-13/h4-7,10-11,21H,8-9,12H2,1-3H3. The molecular weight excluding hydrogens is 324 g/mol. The van der Waals surface area contributed by atoms with Gasteiger partial charge in [-0.2, -0.15) is 0 Å². The highest BCUT2D eigenvalue weighted by Crippen LogP contribution is 2.25. The smallest absolute Gasteiger partial charge is 0.255 e. The summed E-state index contributed by atoms with van der Waals surface area (Å²) in [6, 6.07) is 8.64. The predicted molar refractivity (Wildman–Crippen MR) is 92.2 cm³/mol. The molecule has 0 spiro atoms. The van der Waals surface area contributed by atoms with Gasteiger partial charge in [0.15, 0.2) is 0 Å². The molecule has 0 unspecified atom stereocenters. The largest absolute Gasteiger partial charge is 0.497 e. The van der Waals surface area contributed by atoms with Crippen LogP contribution in [0, 0.1) is 0 Å². The van der Waals surface area contributed by atoms with Crippen LogP contribution in [0.1, 0.15) is 15.9 Å². The van der Waals surface area contributed by atoms with Crippen molar-refractivity contribution in [2.24, 2.45) is 0 Å². The molecule has 134 valence electrons. The van der Waals surface area contributed by atoms with E-state index in [1.807, 2.05) is 6.07 Å². The summed E-state index contributed by atoms with van der Waals surface area (Å²) >= 11 is 0. The topological polar surface area (TPSA) is 81.1 Å². The third kappa shape index (κ3) is 4.60. The Balaban J connectivity index is 2.26. The molecule has 1 N–H and O–H groups in total. The fraction of sp³-hybridized carbons (Fsp3) is 0.333. The molecule has 0 fully saturated rings. The Morgan fingerprint density at radius 3 is 2.48 bits per heavy atom. The highest BCUT2D eigenvalue weighted by molar-refractivity contribution is 5.94. The number of rotatable bonds is 8. The van der Waals surface area contributed by atoms with Crippen molar-refractivity contribution in [3.05, 3.63) is 47.7 Å². The minimum Gasteiger partial charge on any atom is -0.497 e. The van der Waals surface area contributed by atoms with Crippen LogP contribution < -0.4 is 14.2 Å². The Kier molecular flexibility index (Phi) is 6.59. The molecule has 0 radical (unpaired) electrons. The molecule has 1 aromatic heterocycles. The van der Waals surface area contributed by atoms with Crippen LogP contribution in [0.4, 0.5) is 0 Å². The quantitative estimate of drug-likeness (QED) is 0.784. The molecule has 1 heterocycles. The summed E-state index contributed by atoms with van der Waals surface area (Å²) in [7, 11) is 4.65. The van der Waals surface area contributed by atoms with Crippen LogP contribution in [-0.4, -0.2) is 55.4 Å². The average molecular weight is 346 g/mol. The summed E-state index contributed by atoms with van der Waals surface area (Å²) in [4.78, 5) is 18.3. The van der Waals surface area contributed by atoms with Gasteiger partial charge in [0.05, 0.1) is 33.5 Å². The first-order valence-corrected chi connectivity index (χ1v) is 7.74. The van der Waals surface area contributed by atoms with E-state index >= 15 is 0 Å². The fourth-order valence-electron chi connectivity index (χ4n) is 2.39. The van der Waals surface area contributed by atoms with E-state index < -0.39 is 0 Å². The van der Waals surface area contributed by atoms with Crippen molar-refractivity contribution in [3.63, 3.8) is 0 Å². The Bertz CT molecular complexity index is 703. The first-order chi connectivity index (χ1) is 12.1. The van der Waals surface area contributed by atoms with Crippen molar-refractivity contribution in [3.8, 4) is 17.4 Å². The Morgan fingerprint density at radius 2 is 1.92 bits per heavy atom. The van der Waals surface area contributed by atoms with Gasteiger partial charge in [-0.1, -0.05) is 0 Å². The van der Waals surface area contributed by atoms with Crippen molar-refractivity contribution in [2.45, 2.75) is 6.54 Å². The van der Waals surface area contributed by atoms with E-state index in [4.69, 9.17) is 14.2 Å². The zero-order chi connectivity index (χ0) is 18.2. The summed E-state index contributed by atoms with van der Waals surface area (Å²) in [6.45, 7) is 0.304. The van der Waals surface area contributed by atoms with E-state index in [0.717, 1.165) is 5.56 Å². The second kappa shape index (κ2) is 8.89. The monoisotopic (exact) mass is 346 g/mol. The predicted octanol–water partition coefficient (Wildman–Crippen LogP) is 1.74. The molecule has 0 bridgehead atoms. The van der Waals surface area contributed by atoms with E-state index in [0.29, 0.717) is 22.9 Å². The second-order valence-corrected chi connectivity index (χ2v) is 5.22. The molecule has 0 aliphatic rings. The van der Waals surface area contributed by atoms with Gasteiger partial charge in [-0.3, -0.25) is 4.79 Å². The van der Waals surface area contributed by atoms with Crippen LogP contribution in [0.5, 0.6) is 17.4 Å². The number of carbonyl (C=O) groups excluding carboxylic acids is 1. The van der Waals surface area contributed by atoms with Gasteiger partial charge < -0.3 is 24.2 Å². The normalized spacial score (nSPS) is 10.2. The van der Waals surface area contributed by atoms with Crippen LogP contribution in [0.25, 0.3) is 0 Å². The van der Waals surface area contributed by atoms with E-state index in [9.17, 15) is 9.90 Å². The third-order valence-electron chi connectivity index (χ3n) is 3.70. The lowest BCUT2D eigenvalue weighted by Gasteiger charge is -2.23. The van der Waals surface area contributed by atoms with Crippen molar-refractivity contribution in [1.82, 2.24) is 9.88 Å². The fourth-order valence-corrected chi connectivity index (χ4v) is 2.39. The van der Waals surface area contributed by atoms with Crippen molar-refractivity contribution >= 4 is 5.91 Å². The van der Waals surface area contributed by atoms with E-state index in [1.165, 1.54) is 18.2 Å². The number of carbonyl (C=O) groups is 1. The third-order valence-corrected chi connectivity index (χ3v) is 3.70. The molecule has 2 rings (SSSR count). The van der Waals surface area contributed by atoms with Crippen molar-refractivity contribution in [2.75, 3.05) is 34.5 Å². The van der Waals surface area contributed by atoms with Crippen LogP contribution in [0.3, 0.4) is 0 Å². The number of ether oxygens (including phenoxy) is 3. The average Bonchev–Trinajstić information content (AvgIpc) is 2.67. The highest BCUT2D eigenvalue weighted by Gasteiger charge is 2.18. The van der Waals surface area contributed by atoms with Crippen molar-refractivity contribution < 1.29 is 24.1 Å². The number of aromatic nitrogens is 1. The second-order valence-electron chi connectivity index (χ2n) is 5.22. The highest BCUT2D eigenvalue weighted by atomic mass is 16.5. The molecule has 25 heavy (non-hydrogen) atoms. The minimum absolute atomic E-state index is 0.151. The molecule has 1 amide bonds. The number of nitrogens with zero attached hydrogens (tertiary/aromatic N) is 2. The van der Waals surface area contributed by atoms with Gasteiger partial charge in [-0.05, 0) is 24.3 Å². The number of amides is 1. The molecule has 0 atom stereocenters. The Labute approximate surface area is 146 Å². The van der Waals surface area contributed by atoms with Gasteiger partial charge in [0.25, 0.3) is 5.91 Å². The van der Waals surface area contributed by atoms with Gasteiger partial charge in [0.1, 0.15) is 11.5 Å². The molecule has 1 aromatic carbocycles. The lowest BCUT2D eigenvalue weighted by molar-refractivity contribution is 0.0706. The van der Waals surface area contributed by atoms with Crippen LogP contribution >= 0.6 is 0 Å². The SMILES string of the molecule is COc1ccc(OC)c(CN(CCO)C(=O)c2ccc(OC)nc2)c1. The maximum atomic E-state index is 12.8.